The number of pyridine rings is 1. The number of para-hydroxylation sites is 1. The van der Waals surface area contributed by atoms with E-state index in [2.05, 4.69) is 86.0 Å². The number of fused-ring (bicyclic) bond motifs is 3. The van der Waals surface area contributed by atoms with Crippen molar-refractivity contribution in [1.29, 1.82) is 0 Å². The fourth-order valence-electron chi connectivity index (χ4n) is 3.57. The Morgan fingerprint density at radius 2 is 1.62 bits per heavy atom. The molecule has 2 aromatic heterocycles. The zero-order valence-corrected chi connectivity index (χ0v) is 14.5. The Morgan fingerprint density at radius 1 is 0.917 bits per heavy atom. The van der Waals surface area contributed by atoms with Gasteiger partial charge in [-0.15, -0.1) is 0 Å². The predicted octanol–water partition coefficient (Wildman–Crippen LogP) is 5.67. The van der Waals surface area contributed by atoms with Crippen LogP contribution in [0.4, 0.5) is 0 Å². The molecular formula is C22H22N2. The summed E-state index contributed by atoms with van der Waals surface area (Å²) in [7, 11) is 0. The lowest BCUT2D eigenvalue weighted by molar-refractivity contribution is 0.797. The first-order valence-corrected chi connectivity index (χ1v) is 8.57. The molecule has 0 bridgehead atoms. The van der Waals surface area contributed by atoms with Crippen molar-refractivity contribution in [1.82, 2.24) is 9.55 Å². The van der Waals surface area contributed by atoms with Gasteiger partial charge in [0.25, 0.3) is 0 Å². The molecule has 0 saturated carbocycles. The first kappa shape index (κ1) is 14.9. The SMILES string of the molecule is Cc1cc2c3ccccc3n(Cc3ccccc3)c2c(C(C)C)n1. The van der Waals surface area contributed by atoms with E-state index in [1.54, 1.807) is 0 Å². The third kappa shape index (κ3) is 2.39. The van der Waals surface area contributed by atoms with Gasteiger partial charge in [0.2, 0.25) is 0 Å². The van der Waals surface area contributed by atoms with Gasteiger partial charge in [-0.1, -0.05) is 62.4 Å². The van der Waals surface area contributed by atoms with Crippen LogP contribution in [-0.4, -0.2) is 9.55 Å². The Hall–Kier alpha value is -2.61. The van der Waals surface area contributed by atoms with Crippen molar-refractivity contribution in [3.8, 4) is 0 Å². The van der Waals surface area contributed by atoms with Gasteiger partial charge in [-0.25, -0.2) is 0 Å². The topological polar surface area (TPSA) is 17.8 Å². The van der Waals surface area contributed by atoms with E-state index in [-0.39, 0.29) is 0 Å². The predicted molar refractivity (Wildman–Crippen MR) is 102 cm³/mol. The Morgan fingerprint density at radius 3 is 2.38 bits per heavy atom. The van der Waals surface area contributed by atoms with Gasteiger partial charge >= 0.3 is 0 Å². The molecule has 0 radical (unpaired) electrons. The highest BCUT2D eigenvalue weighted by atomic mass is 15.0. The van der Waals surface area contributed by atoms with E-state index in [1.807, 2.05) is 0 Å². The maximum absolute atomic E-state index is 4.88. The molecule has 0 aliphatic rings. The highest BCUT2D eigenvalue weighted by Gasteiger charge is 2.17. The van der Waals surface area contributed by atoms with Gasteiger partial charge in [-0.05, 0) is 30.5 Å². The highest BCUT2D eigenvalue weighted by molar-refractivity contribution is 6.09. The molecule has 2 nitrogen and oxygen atoms in total. The summed E-state index contributed by atoms with van der Waals surface area (Å²) in [6, 6.07) is 21.6. The second-order valence-electron chi connectivity index (χ2n) is 6.79. The Labute approximate surface area is 142 Å². The normalized spacial score (nSPS) is 11.7. The van der Waals surface area contributed by atoms with Crippen LogP contribution in [-0.2, 0) is 6.54 Å². The van der Waals surface area contributed by atoms with Crippen LogP contribution in [0.2, 0.25) is 0 Å². The van der Waals surface area contributed by atoms with Crippen LogP contribution in [0.5, 0.6) is 0 Å². The van der Waals surface area contributed by atoms with Gasteiger partial charge in [-0.3, -0.25) is 4.98 Å². The lowest BCUT2D eigenvalue weighted by atomic mass is 10.1. The lowest BCUT2D eigenvalue weighted by Crippen LogP contribution is -2.04. The average Bonchev–Trinajstić information content (AvgIpc) is 2.89. The minimum Gasteiger partial charge on any atom is -0.334 e. The maximum atomic E-state index is 4.88. The molecule has 2 heterocycles. The summed E-state index contributed by atoms with van der Waals surface area (Å²) in [4.78, 5) is 4.88. The standard InChI is InChI=1S/C22H22N2/c1-15(2)21-22-19(13-16(3)23-21)18-11-7-8-12-20(18)24(22)14-17-9-5-4-6-10-17/h4-13,15H,14H2,1-3H3. The van der Waals surface area contributed by atoms with Crippen LogP contribution in [0, 0.1) is 6.92 Å². The molecule has 0 fully saturated rings. The quantitative estimate of drug-likeness (QED) is 0.476. The molecule has 0 amide bonds. The van der Waals surface area contributed by atoms with Crippen molar-refractivity contribution < 1.29 is 0 Å². The Balaban J connectivity index is 2.08. The fraction of sp³-hybridized carbons (Fsp3) is 0.227. The molecule has 0 aliphatic heterocycles. The number of aryl methyl sites for hydroxylation is 1. The van der Waals surface area contributed by atoms with Gasteiger partial charge in [0.1, 0.15) is 0 Å². The molecule has 0 unspecified atom stereocenters. The summed E-state index contributed by atoms with van der Waals surface area (Å²) >= 11 is 0. The number of benzene rings is 2. The molecule has 4 aromatic rings. The molecule has 0 aliphatic carbocycles. The number of hydrogen-bond donors (Lipinski definition) is 0. The summed E-state index contributed by atoms with van der Waals surface area (Å²) in [5.41, 5.74) is 6.16. The van der Waals surface area contributed by atoms with Gasteiger partial charge in [0, 0.05) is 28.5 Å². The molecule has 0 N–H and O–H groups in total. The number of hydrogen-bond acceptors (Lipinski definition) is 1. The zero-order chi connectivity index (χ0) is 16.7. The number of nitrogens with zero attached hydrogens (tertiary/aromatic N) is 2. The second kappa shape index (κ2) is 5.79. The molecule has 2 heteroatoms. The maximum Gasteiger partial charge on any atom is 0.0716 e. The summed E-state index contributed by atoms with van der Waals surface area (Å²) in [6.45, 7) is 7.42. The van der Waals surface area contributed by atoms with E-state index < -0.39 is 0 Å². The van der Waals surface area contributed by atoms with E-state index in [9.17, 15) is 0 Å². The summed E-state index contributed by atoms with van der Waals surface area (Å²) in [6.07, 6.45) is 0. The highest BCUT2D eigenvalue weighted by Crippen LogP contribution is 2.34. The van der Waals surface area contributed by atoms with Gasteiger partial charge in [-0.2, -0.15) is 0 Å². The van der Waals surface area contributed by atoms with Crippen molar-refractivity contribution in [2.45, 2.75) is 33.2 Å². The van der Waals surface area contributed by atoms with E-state index in [0.717, 1.165) is 12.2 Å². The molecular weight excluding hydrogens is 292 g/mol. The van der Waals surface area contributed by atoms with Crippen molar-refractivity contribution >= 4 is 21.8 Å². The minimum atomic E-state index is 0.395. The smallest absolute Gasteiger partial charge is 0.0716 e. The van der Waals surface area contributed by atoms with Crippen LogP contribution in [0.25, 0.3) is 21.8 Å². The van der Waals surface area contributed by atoms with Gasteiger partial charge in [0.05, 0.1) is 11.2 Å². The van der Waals surface area contributed by atoms with E-state index in [0.29, 0.717) is 5.92 Å². The number of aromatic nitrogens is 2. The fourth-order valence-corrected chi connectivity index (χ4v) is 3.57. The average molecular weight is 314 g/mol. The molecule has 4 rings (SSSR count). The molecule has 120 valence electrons. The first-order chi connectivity index (χ1) is 11.6. The van der Waals surface area contributed by atoms with E-state index in [1.165, 1.54) is 33.1 Å². The van der Waals surface area contributed by atoms with E-state index in [4.69, 9.17) is 4.98 Å². The van der Waals surface area contributed by atoms with Gasteiger partial charge < -0.3 is 4.57 Å². The van der Waals surface area contributed by atoms with Gasteiger partial charge in [0.15, 0.2) is 0 Å². The third-order valence-electron chi connectivity index (χ3n) is 4.63. The Kier molecular flexibility index (Phi) is 3.61. The van der Waals surface area contributed by atoms with Crippen molar-refractivity contribution in [2.24, 2.45) is 0 Å². The number of rotatable bonds is 3. The van der Waals surface area contributed by atoms with Crippen LogP contribution in [0.3, 0.4) is 0 Å². The van der Waals surface area contributed by atoms with Crippen LogP contribution in [0.1, 0.15) is 36.7 Å². The molecule has 24 heavy (non-hydrogen) atoms. The Bertz CT molecular complexity index is 1010. The van der Waals surface area contributed by atoms with Crippen molar-refractivity contribution in [3.05, 3.63) is 77.6 Å². The monoisotopic (exact) mass is 314 g/mol. The largest absolute Gasteiger partial charge is 0.334 e. The first-order valence-electron chi connectivity index (χ1n) is 8.57. The van der Waals surface area contributed by atoms with Crippen molar-refractivity contribution in [3.63, 3.8) is 0 Å². The third-order valence-corrected chi connectivity index (χ3v) is 4.63. The molecule has 2 aromatic carbocycles. The molecule has 0 atom stereocenters. The summed E-state index contributed by atoms with van der Waals surface area (Å²) in [5, 5.41) is 2.63. The van der Waals surface area contributed by atoms with Crippen LogP contribution < -0.4 is 0 Å². The molecule has 0 saturated heterocycles. The van der Waals surface area contributed by atoms with Crippen molar-refractivity contribution in [2.75, 3.05) is 0 Å². The zero-order valence-electron chi connectivity index (χ0n) is 14.5. The molecule has 0 spiro atoms. The second-order valence-corrected chi connectivity index (χ2v) is 6.79. The summed E-state index contributed by atoms with van der Waals surface area (Å²) in [5.74, 6) is 0.395. The van der Waals surface area contributed by atoms with E-state index >= 15 is 0 Å². The summed E-state index contributed by atoms with van der Waals surface area (Å²) < 4.78 is 2.43. The van der Waals surface area contributed by atoms with Crippen LogP contribution >= 0.6 is 0 Å². The minimum absolute atomic E-state index is 0.395. The lowest BCUT2D eigenvalue weighted by Gasteiger charge is -2.13. The van der Waals surface area contributed by atoms with Crippen LogP contribution in [0.15, 0.2) is 60.7 Å².